The third-order valence-corrected chi connectivity index (χ3v) is 8.56. The van der Waals surface area contributed by atoms with Crippen molar-refractivity contribution in [1.82, 2.24) is 9.80 Å². The maximum Gasteiger partial charge on any atom is 0.295 e. The van der Waals surface area contributed by atoms with Crippen LogP contribution in [0.2, 0.25) is 0 Å². The van der Waals surface area contributed by atoms with Gasteiger partial charge in [0.2, 0.25) is 0 Å². The van der Waals surface area contributed by atoms with Crippen LogP contribution in [-0.2, 0) is 20.9 Å². The summed E-state index contributed by atoms with van der Waals surface area (Å²) >= 11 is 0. The van der Waals surface area contributed by atoms with E-state index in [0.717, 1.165) is 43.6 Å². The van der Waals surface area contributed by atoms with Crippen LogP contribution in [0.25, 0.3) is 5.76 Å². The second-order valence-electron chi connectivity index (χ2n) is 11.7. The van der Waals surface area contributed by atoms with Gasteiger partial charge in [0.1, 0.15) is 18.1 Å². The summed E-state index contributed by atoms with van der Waals surface area (Å²) < 4.78 is 23.0. The minimum atomic E-state index is -0.791. The minimum Gasteiger partial charge on any atom is -0.507 e. The molecule has 0 radical (unpaired) electrons. The predicted octanol–water partition coefficient (Wildman–Crippen LogP) is 5.91. The average Bonchev–Trinajstić information content (AvgIpc) is 3.33. The summed E-state index contributed by atoms with van der Waals surface area (Å²) in [6.45, 7) is 9.27. The fourth-order valence-corrected chi connectivity index (χ4v) is 5.84. The maximum atomic E-state index is 13.6. The van der Waals surface area contributed by atoms with E-state index in [1.54, 1.807) is 48.4 Å². The molecule has 3 aromatic carbocycles. The van der Waals surface area contributed by atoms with Crippen LogP contribution in [0, 0.1) is 6.92 Å². The van der Waals surface area contributed by atoms with E-state index in [0.29, 0.717) is 67.8 Å². The van der Waals surface area contributed by atoms with Crippen LogP contribution in [0.15, 0.2) is 72.3 Å². The zero-order chi connectivity index (χ0) is 32.5. The first-order chi connectivity index (χ1) is 22.4. The number of Topliss-reactive ketones (excluding diaryl/α,β-unsaturated/α-hetero) is 1. The summed E-state index contributed by atoms with van der Waals surface area (Å²) in [5.74, 6) is 0.146. The Morgan fingerprint density at radius 3 is 2.41 bits per heavy atom. The summed E-state index contributed by atoms with van der Waals surface area (Å²) in [4.78, 5) is 31.0. The Bertz CT molecular complexity index is 1530. The Balaban J connectivity index is 1.43. The molecule has 9 heteroatoms. The predicted molar refractivity (Wildman–Crippen MR) is 176 cm³/mol. The number of aliphatic hydroxyl groups is 1. The van der Waals surface area contributed by atoms with Crippen molar-refractivity contribution in [3.8, 4) is 17.2 Å². The van der Waals surface area contributed by atoms with Gasteiger partial charge in [-0.25, -0.2) is 0 Å². The number of morpholine rings is 1. The molecular weight excluding hydrogens is 584 g/mol. The van der Waals surface area contributed by atoms with Gasteiger partial charge >= 0.3 is 0 Å². The standard InChI is InChI=1S/C37H44N2O7/c1-4-5-21-45-31-16-13-28(24-32(31)43-3)34-33(36(41)37(42)39(34)18-8-17-38-19-22-44-23-20-38)35(40)27-11-14-30(15-12-27)46-25-29-10-7-6-9-26(29)2/h6-7,9-16,24,34,40H,4-5,8,17-23,25H2,1-3H3/b35-33+. The zero-order valence-corrected chi connectivity index (χ0v) is 27.0. The number of benzene rings is 3. The van der Waals surface area contributed by atoms with Gasteiger partial charge in [0, 0.05) is 31.7 Å². The smallest absolute Gasteiger partial charge is 0.295 e. The molecule has 1 N–H and O–H groups in total. The lowest BCUT2D eigenvalue weighted by Gasteiger charge is -2.29. The van der Waals surface area contributed by atoms with Crippen molar-refractivity contribution >= 4 is 17.4 Å². The molecule has 1 unspecified atom stereocenters. The highest BCUT2D eigenvalue weighted by Crippen LogP contribution is 2.42. The Morgan fingerprint density at radius 2 is 1.70 bits per heavy atom. The number of ketones is 1. The largest absolute Gasteiger partial charge is 0.507 e. The van der Waals surface area contributed by atoms with Crippen LogP contribution < -0.4 is 14.2 Å². The van der Waals surface area contributed by atoms with E-state index in [4.69, 9.17) is 18.9 Å². The second kappa shape index (κ2) is 15.8. The number of hydrogen-bond acceptors (Lipinski definition) is 8. The van der Waals surface area contributed by atoms with Gasteiger partial charge in [-0.1, -0.05) is 43.7 Å². The van der Waals surface area contributed by atoms with Crippen molar-refractivity contribution in [2.75, 3.05) is 53.1 Å². The number of hydrogen-bond donors (Lipinski definition) is 1. The van der Waals surface area contributed by atoms with Gasteiger partial charge in [-0.3, -0.25) is 14.5 Å². The molecule has 2 heterocycles. The van der Waals surface area contributed by atoms with Crippen LogP contribution in [0.1, 0.15) is 54.5 Å². The average molecular weight is 629 g/mol. The first-order valence-corrected chi connectivity index (χ1v) is 16.1. The van der Waals surface area contributed by atoms with Crippen LogP contribution in [-0.4, -0.2) is 79.7 Å². The van der Waals surface area contributed by atoms with Gasteiger partial charge in [0.25, 0.3) is 11.7 Å². The molecule has 5 rings (SSSR count). The van der Waals surface area contributed by atoms with Crippen molar-refractivity contribution in [1.29, 1.82) is 0 Å². The van der Waals surface area contributed by atoms with Gasteiger partial charge in [0.15, 0.2) is 11.5 Å². The topological polar surface area (TPSA) is 97.8 Å². The van der Waals surface area contributed by atoms with E-state index < -0.39 is 17.7 Å². The van der Waals surface area contributed by atoms with E-state index in [-0.39, 0.29) is 11.3 Å². The lowest BCUT2D eigenvalue weighted by molar-refractivity contribution is -0.140. The molecule has 2 saturated heterocycles. The molecule has 0 spiro atoms. The van der Waals surface area contributed by atoms with Crippen molar-refractivity contribution in [3.63, 3.8) is 0 Å². The molecule has 0 aliphatic carbocycles. The second-order valence-corrected chi connectivity index (χ2v) is 11.7. The lowest BCUT2D eigenvalue weighted by Crippen LogP contribution is -2.39. The SMILES string of the molecule is CCCCOc1ccc(C2/C(=C(\O)c3ccc(OCc4ccccc4C)cc3)C(=O)C(=O)N2CCCN2CCOCC2)cc1OC. The van der Waals surface area contributed by atoms with Gasteiger partial charge in [-0.05, 0) is 72.9 Å². The Morgan fingerprint density at radius 1 is 0.935 bits per heavy atom. The monoisotopic (exact) mass is 628 g/mol. The molecule has 1 atom stereocenters. The van der Waals surface area contributed by atoms with Crippen molar-refractivity contribution < 1.29 is 33.6 Å². The summed E-state index contributed by atoms with van der Waals surface area (Å²) in [5.41, 5.74) is 3.35. The van der Waals surface area contributed by atoms with E-state index in [2.05, 4.69) is 11.8 Å². The van der Waals surface area contributed by atoms with E-state index >= 15 is 0 Å². The third-order valence-electron chi connectivity index (χ3n) is 8.56. The number of carbonyl (C=O) groups is 2. The Kier molecular flexibility index (Phi) is 11.3. The highest BCUT2D eigenvalue weighted by atomic mass is 16.5. The van der Waals surface area contributed by atoms with Crippen LogP contribution >= 0.6 is 0 Å². The summed E-state index contributed by atoms with van der Waals surface area (Å²) in [6, 6.07) is 19.6. The van der Waals surface area contributed by atoms with Gasteiger partial charge < -0.3 is 29.0 Å². The first kappa shape index (κ1) is 33.0. The van der Waals surface area contributed by atoms with E-state index in [1.165, 1.54) is 0 Å². The molecule has 2 fully saturated rings. The summed E-state index contributed by atoms with van der Waals surface area (Å²) in [7, 11) is 1.56. The maximum absolute atomic E-state index is 13.6. The molecule has 3 aromatic rings. The number of ether oxygens (including phenoxy) is 4. The van der Waals surface area contributed by atoms with Crippen molar-refractivity contribution in [2.24, 2.45) is 0 Å². The number of aliphatic hydroxyl groups excluding tert-OH is 1. The number of rotatable bonds is 14. The molecule has 1 amide bonds. The van der Waals surface area contributed by atoms with Crippen molar-refractivity contribution in [2.45, 2.75) is 45.8 Å². The molecule has 2 aliphatic rings. The highest BCUT2D eigenvalue weighted by molar-refractivity contribution is 6.46. The Hall–Kier alpha value is -4.34. The third kappa shape index (κ3) is 7.71. The number of aryl methyl sites for hydroxylation is 1. The zero-order valence-electron chi connectivity index (χ0n) is 27.0. The highest BCUT2D eigenvalue weighted by Gasteiger charge is 2.46. The summed E-state index contributed by atoms with van der Waals surface area (Å²) in [5, 5.41) is 11.6. The first-order valence-electron chi connectivity index (χ1n) is 16.1. The van der Waals surface area contributed by atoms with E-state index in [9.17, 15) is 14.7 Å². The normalized spacial score (nSPS) is 18.2. The van der Waals surface area contributed by atoms with Gasteiger partial charge in [0.05, 0.1) is 38.5 Å². The Labute approximate surface area is 271 Å². The van der Waals surface area contributed by atoms with Crippen LogP contribution in [0.3, 0.4) is 0 Å². The number of nitrogens with zero attached hydrogens (tertiary/aromatic N) is 2. The fraction of sp³-hybridized carbons (Fsp3) is 0.405. The molecule has 0 saturated carbocycles. The molecule has 0 aromatic heterocycles. The molecule has 46 heavy (non-hydrogen) atoms. The fourth-order valence-electron chi connectivity index (χ4n) is 5.84. The lowest BCUT2D eigenvalue weighted by atomic mass is 9.95. The van der Waals surface area contributed by atoms with Gasteiger partial charge in [-0.15, -0.1) is 0 Å². The number of unbranched alkanes of at least 4 members (excludes halogenated alkanes) is 1. The number of likely N-dealkylation sites (tertiary alicyclic amines) is 1. The van der Waals surface area contributed by atoms with Crippen LogP contribution in [0.4, 0.5) is 0 Å². The number of carbonyl (C=O) groups excluding carboxylic acids is 2. The van der Waals surface area contributed by atoms with E-state index in [1.807, 2.05) is 37.3 Å². The molecule has 9 nitrogen and oxygen atoms in total. The molecule has 244 valence electrons. The van der Waals surface area contributed by atoms with Crippen LogP contribution in [0.5, 0.6) is 17.2 Å². The number of amides is 1. The minimum absolute atomic E-state index is 0.0478. The molecular formula is C37H44N2O7. The summed E-state index contributed by atoms with van der Waals surface area (Å²) in [6.07, 6.45) is 2.58. The number of methoxy groups -OCH3 is 1. The van der Waals surface area contributed by atoms with Gasteiger partial charge in [-0.2, -0.15) is 0 Å². The quantitative estimate of drug-likeness (QED) is 0.102. The molecule has 2 aliphatic heterocycles. The molecule has 0 bridgehead atoms. The van der Waals surface area contributed by atoms with Crippen molar-refractivity contribution in [3.05, 3.63) is 94.6 Å².